The molecule has 0 aliphatic rings. The van der Waals surface area contributed by atoms with Crippen molar-refractivity contribution in [3.8, 4) is 0 Å². The van der Waals surface area contributed by atoms with Crippen molar-refractivity contribution in [3.63, 3.8) is 0 Å². The average Bonchev–Trinajstić information content (AvgIpc) is 2.30. The van der Waals surface area contributed by atoms with Crippen molar-refractivity contribution in [2.75, 3.05) is 12.3 Å². The topological polar surface area (TPSA) is 118 Å². The quantitative estimate of drug-likeness (QED) is 0.572. The third-order valence-electron chi connectivity index (χ3n) is 2.12. The molecule has 8 heteroatoms. The smallest absolute Gasteiger partial charge is 0.252 e. The van der Waals surface area contributed by atoms with Crippen molar-refractivity contribution in [1.82, 2.24) is 5.32 Å². The van der Waals surface area contributed by atoms with Crippen LogP contribution in [0.2, 0.25) is 0 Å². The SMILES string of the molecule is NC(=O)C(O)CNC(=O)c1cc(N)c(F)cc1Br. The standard InChI is InChI=1S/C10H11BrFN3O3/c11-5-2-6(12)7(13)1-4(5)10(18)15-3-8(16)9(14)17/h1-2,8,16H,3,13H2,(H2,14,17)(H,15,18). The molecule has 1 rings (SSSR count). The number of hydrogen-bond donors (Lipinski definition) is 4. The first kappa shape index (κ1) is 14.4. The van der Waals surface area contributed by atoms with E-state index in [-0.39, 0.29) is 22.3 Å². The predicted octanol–water partition coefficient (Wildman–Crippen LogP) is -0.254. The third kappa shape index (κ3) is 3.41. The number of nitrogens with two attached hydrogens (primary N) is 2. The number of rotatable bonds is 4. The summed E-state index contributed by atoms with van der Waals surface area (Å²) in [6.45, 7) is -0.335. The molecule has 0 fully saturated rings. The van der Waals surface area contributed by atoms with Crippen LogP contribution in [0, 0.1) is 5.82 Å². The van der Waals surface area contributed by atoms with Crippen LogP contribution >= 0.6 is 15.9 Å². The highest BCUT2D eigenvalue weighted by molar-refractivity contribution is 9.10. The van der Waals surface area contributed by atoms with E-state index in [2.05, 4.69) is 21.2 Å². The van der Waals surface area contributed by atoms with Crippen LogP contribution in [0.25, 0.3) is 0 Å². The number of halogens is 2. The Balaban J connectivity index is 2.79. The van der Waals surface area contributed by atoms with E-state index in [0.717, 1.165) is 12.1 Å². The molecule has 0 aliphatic carbocycles. The van der Waals surface area contributed by atoms with Gasteiger partial charge in [0.15, 0.2) is 0 Å². The Bertz CT molecular complexity index is 496. The van der Waals surface area contributed by atoms with Gasteiger partial charge in [-0.1, -0.05) is 0 Å². The maximum atomic E-state index is 13.1. The molecule has 1 aromatic rings. The summed E-state index contributed by atoms with van der Waals surface area (Å²) in [5.74, 6) is -2.22. The number of nitrogen functional groups attached to an aromatic ring is 1. The summed E-state index contributed by atoms with van der Waals surface area (Å²) in [7, 11) is 0. The first-order chi connectivity index (χ1) is 8.32. The van der Waals surface area contributed by atoms with Crippen LogP contribution in [-0.4, -0.2) is 29.6 Å². The number of hydrogen-bond acceptors (Lipinski definition) is 4. The monoisotopic (exact) mass is 319 g/mol. The highest BCUT2D eigenvalue weighted by atomic mass is 79.9. The summed E-state index contributed by atoms with van der Waals surface area (Å²) in [6, 6.07) is 2.19. The maximum Gasteiger partial charge on any atom is 0.252 e. The van der Waals surface area contributed by atoms with Gasteiger partial charge < -0.3 is 21.9 Å². The number of aliphatic hydroxyl groups is 1. The minimum absolute atomic E-state index is 0.0885. The lowest BCUT2D eigenvalue weighted by molar-refractivity contribution is -0.125. The van der Waals surface area contributed by atoms with E-state index in [9.17, 15) is 14.0 Å². The lowest BCUT2D eigenvalue weighted by Gasteiger charge is -2.10. The van der Waals surface area contributed by atoms with E-state index >= 15 is 0 Å². The molecule has 6 N–H and O–H groups in total. The number of nitrogens with one attached hydrogen (secondary N) is 1. The van der Waals surface area contributed by atoms with Gasteiger partial charge in [-0.3, -0.25) is 9.59 Å². The number of amides is 2. The molecular weight excluding hydrogens is 309 g/mol. The van der Waals surface area contributed by atoms with Gasteiger partial charge in [0, 0.05) is 4.47 Å². The van der Waals surface area contributed by atoms with Crippen LogP contribution in [0.5, 0.6) is 0 Å². The van der Waals surface area contributed by atoms with Gasteiger partial charge in [-0.25, -0.2) is 4.39 Å². The molecule has 6 nitrogen and oxygen atoms in total. The van der Waals surface area contributed by atoms with Crippen LogP contribution in [-0.2, 0) is 4.79 Å². The minimum Gasteiger partial charge on any atom is -0.396 e. The van der Waals surface area contributed by atoms with Gasteiger partial charge in [0.1, 0.15) is 11.9 Å². The molecule has 0 radical (unpaired) electrons. The number of aliphatic hydroxyl groups excluding tert-OH is 1. The fourth-order valence-corrected chi connectivity index (χ4v) is 1.62. The third-order valence-corrected chi connectivity index (χ3v) is 2.77. The average molecular weight is 320 g/mol. The first-order valence-electron chi connectivity index (χ1n) is 4.83. The summed E-state index contributed by atoms with van der Waals surface area (Å²) in [5.41, 5.74) is 10.1. The molecule has 98 valence electrons. The number of primary amides is 1. The molecule has 1 aromatic carbocycles. The molecule has 0 saturated heterocycles. The van der Waals surface area contributed by atoms with Crippen LogP contribution in [0.3, 0.4) is 0 Å². The van der Waals surface area contributed by atoms with Crippen LogP contribution in [0.15, 0.2) is 16.6 Å². The maximum absolute atomic E-state index is 13.1. The van der Waals surface area contributed by atoms with E-state index in [1.165, 1.54) is 0 Å². The molecular formula is C10H11BrFN3O3. The number of carbonyl (C=O) groups is 2. The Hall–Kier alpha value is -1.67. The van der Waals surface area contributed by atoms with E-state index in [0.29, 0.717) is 0 Å². The van der Waals surface area contributed by atoms with Gasteiger partial charge in [0.25, 0.3) is 5.91 Å². The number of carbonyl (C=O) groups excluding carboxylic acids is 2. The fourth-order valence-electron chi connectivity index (χ4n) is 1.12. The van der Waals surface area contributed by atoms with Crippen LogP contribution in [0.4, 0.5) is 10.1 Å². The number of benzene rings is 1. The largest absolute Gasteiger partial charge is 0.396 e. The van der Waals surface area contributed by atoms with Gasteiger partial charge in [-0.15, -0.1) is 0 Å². The molecule has 1 atom stereocenters. The zero-order valence-electron chi connectivity index (χ0n) is 9.11. The van der Waals surface area contributed by atoms with Gasteiger partial charge in [0.2, 0.25) is 5.91 Å². The highest BCUT2D eigenvalue weighted by Gasteiger charge is 2.16. The lowest BCUT2D eigenvalue weighted by atomic mass is 10.2. The molecule has 18 heavy (non-hydrogen) atoms. The minimum atomic E-state index is -1.48. The summed E-state index contributed by atoms with van der Waals surface area (Å²) in [5, 5.41) is 11.4. The predicted molar refractivity (Wildman–Crippen MR) is 66.0 cm³/mol. The Morgan fingerprint density at radius 1 is 1.50 bits per heavy atom. The van der Waals surface area contributed by atoms with Gasteiger partial charge in [0.05, 0.1) is 17.8 Å². The van der Waals surface area contributed by atoms with Crippen molar-refractivity contribution in [1.29, 1.82) is 0 Å². The van der Waals surface area contributed by atoms with Crippen molar-refractivity contribution in [2.24, 2.45) is 5.73 Å². The summed E-state index contributed by atoms with van der Waals surface area (Å²) in [4.78, 5) is 22.2. The molecule has 0 heterocycles. The zero-order chi connectivity index (χ0) is 13.9. The summed E-state index contributed by atoms with van der Waals surface area (Å²) >= 11 is 3.01. The molecule has 0 spiro atoms. The lowest BCUT2D eigenvalue weighted by Crippen LogP contribution is -2.40. The Labute approximate surface area is 110 Å². The van der Waals surface area contributed by atoms with Gasteiger partial charge >= 0.3 is 0 Å². The van der Waals surface area contributed by atoms with Crippen LogP contribution in [0.1, 0.15) is 10.4 Å². The summed E-state index contributed by atoms with van der Waals surface area (Å²) < 4.78 is 13.3. The van der Waals surface area contributed by atoms with Crippen LogP contribution < -0.4 is 16.8 Å². The second-order valence-electron chi connectivity index (χ2n) is 3.48. The molecule has 1 unspecified atom stereocenters. The normalized spacial score (nSPS) is 11.9. The first-order valence-corrected chi connectivity index (χ1v) is 5.62. The second-order valence-corrected chi connectivity index (χ2v) is 4.34. The Kier molecular flexibility index (Phi) is 4.62. The van der Waals surface area contributed by atoms with Crippen molar-refractivity contribution < 1.29 is 19.1 Å². The van der Waals surface area contributed by atoms with Crippen molar-refractivity contribution in [2.45, 2.75) is 6.10 Å². The Morgan fingerprint density at radius 3 is 2.67 bits per heavy atom. The van der Waals surface area contributed by atoms with Crippen molar-refractivity contribution >= 4 is 33.4 Å². The fraction of sp³-hybridized carbons (Fsp3) is 0.200. The molecule has 0 aromatic heterocycles. The van der Waals surface area contributed by atoms with E-state index in [1.807, 2.05) is 0 Å². The van der Waals surface area contributed by atoms with E-state index < -0.39 is 23.7 Å². The van der Waals surface area contributed by atoms with Gasteiger partial charge in [-0.2, -0.15) is 0 Å². The molecule has 0 aliphatic heterocycles. The van der Waals surface area contributed by atoms with Gasteiger partial charge in [-0.05, 0) is 28.1 Å². The highest BCUT2D eigenvalue weighted by Crippen LogP contribution is 2.22. The molecule has 2 amide bonds. The summed E-state index contributed by atoms with van der Waals surface area (Å²) in [6.07, 6.45) is -1.48. The molecule has 0 bridgehead atoms. The van der Waals surface area contributed by atoms with E-state index in [4.69, 9.17) is 16.6 Å². The molecule has 0 saturated carbocycles. The van der Waals surface area contributed by atoms with Crippen molar-refractivity contribution in [3.05, 3.63) is 28.0 Å². The number of anilines is 1. The van der Waals surface area contributed by atoms with E-state index in [1.54, 1.807) is 0 Å². The zero-order valence-corrected chi connectivity index (χ0v) is 10.7. The second kappa shape index (κ2) is 5.78. The Morgan fingerprint density at radius 2 is 2.11 bits per heavy atom.